The lowest BCUT2D eigenvalue weighted by atomic mass is 10.1. The second kappa shape index (κ2) is 5.76. The molecule has 0 spiro atoms. The van der Waals surface area contributed by atoms with E-state index in [1.165, 1.54) is 4.57 Å². The van der Waals surface area contributed by atoms with E-state index in [4.69, 9.17) is 23.2 Å². The minimum absolute atomic E-state index is 0.0302. The molecule has 5 nitrogen and oxygen atoms in total. The van der Waals surface area contributed by atoms with Crippen LogP contribution in [0.4, 0.5) is 0 Å². The molecule has 1 fully saturated rings. The summed E-state index contributed by atoms with van der Waals surface area (Å²) in [6, 6.07) is 4.00. The number of nitrogens with zero attached hydrogens (tertiary/aromatic N) is 3. The fourth-order valence-electron chi connectivity index (χ4n) is 2.97. The number of halogens is 2. The molecule has 24 heavy (non-hydrogen) atoms. The summed E-state index contributed by atoms with van der Waals surface area (Å²) in [5, 5.41) is 1.14. The fraction of sp³-hybridized carbons (Fsp3) is 0.235. The molecule has 1 saturated carbocycles. The Kier molecular flexibility index (Phi) is 3.70. The van der Waals surface area contributed by atoms with Gasteiger partial charge in [0.15, 0.2) is 0 Å². The zero-order chi connectivity index (χ0) is 16.8. The van der Waals surface area contributed by atoms with E-state index in [0.717, 1.165) is 29.5 Å². The summed E-state index contributed by atoms with van der Waals surface area (Å²) in [6.45, 7) is 0.0302. The molecule has 1 aliphatic rings. The maximum atomic E-state index is 12.8. The van der Waals surface area contributed by atoms with Crippen molar-refractivity contribution in [1.82, 2.24) is 14.1 Å². The number of hydrogen-bond donors (Lipinski definition) is 0. The molecule has 3 aromatic rings. The van der Waals surface area contributed by atoms with Crippen molar-refractivity contribution in [1.29, 1.82) is 0 Å². The predicted octanol–water partition coefficient (Wildman–Crippen LogP) is 3.71. The monoisotopic (exact) mass is 361 g/mol. The van der Waals surface area contributed by atoms with E-state index in [-0.39, 0.29) is 17.3 Å². The lowest BCUT2D eigenvalue weighted by molar-refractivity contribution is -0.108. The molecule has 0 aromatic carbocycles. The first kappa shape index (κ1) is 15.4. The van der Waals surface area contributed by atoms with Gasteiger partial charge in [0.2, 0.25) is 0 Å². The standard InChI is InChI=1S/C17H13Cl2N3O2/c18-13-7-10(8-20-16(13)19)12-9-22(11-1-2-11)14-3-4-21(5-6-23)17(24)15(12)14/h3-4,6-9,11H,1-2,5H2. The van der Waals surface area contributed by atoms with Crippen molar-refractivity contribution >= 4 is 40.4 Å². The van der Waals surface area contributed by atoms with Crippen LogP contribution in [0.25, 0.3) is 22.0 Å². The Morgan fingerprint density at radius 3 is 2.79 bits per heavy atom. The van der Waals surface area contributed by atoms with Gasteiger partial charge in [0, 0.05) is 35.8 Å². The summed E-state index contributed by atoms with van der Waals surface area (Å²) < 4.78 is 3.53. The summed E-state index contributed by atoms with van der Waals surface area (Å²) in [5.41, 5.74) is 2.16. The van der Waals surface area contributed by atoms with Crippen LogP contribution in [0, 0.1) is 0 Å². The van der Waals surface area contributed by atoms with Crippen molar-refractivity contribution in [2.75, 3.05) is 0 Å². The van der Waals surface area contributed by atoms with E-state index in [0.29, 0.717) is 22.7 Å². The third-order valence-corrected chi connectivity index (χ3v) is 4.96. The summed E-state index contributed by atoms with van der Waals surface area (Å²) in [5.74, 6) is 0. The molecular formula is C17H13Cl2N3O2. The van der Waals surface area contributed by atoms with Crippen LogP contribution in [-0.2, 0) is 11.3 Å². The second-order valence-electron chi connectivity index (χ2n) is 5.88. The minimum Gasteiger partial charge on any atom is -0.344 e. The lowest BCUT2D eigenvalue weighted by Crippen LogP contribution is -2.20. The van der Waals surface area contributed by atoms with Gasteiger partial charge >= 0.3 is 0 Å². The SMILES string of the molecule is O=CCn1ccc2c(c(-c3cnc(Cl)c(Cl)c3)cn2C2CC2)c1=O. The Labute approximate surface area is 147 Å². The van der Waals surface area contributed by atoms with E-state index in [1.807, 2.05) is 12.3 Å². The topological polar surface area (TPSA) is 56.9 Å². The molecule has 3 aromatic heterocycles. The second-order valence-corrected chi connectivity index (χ2v) is 6.64. The Hall–Kier alpha value is -2.11. The fourth-order valence-corrected chi connectivity index (χ4v) is 3.24. The van der Waals surface area contributed by atoms with E-state index in [9.17, 15) is 9.59 Å². The maximum Gasteiger partial charge on any atom is 0.261 e. The van der Waals surface area contributed by atoms with Crippen LogP contribution in [0.5, 0.6) is 0 Å². The van der Waals surface area contributed by atoms with Crippen molar-refractivity contribution in [3.8, 4) is 11.1 Å². The molecule has 0 N–H and O–H groups in total. The molecule has 0 bridgehead atoms. The van der Waals surface area contributed by atoms with Crippen LogP contribution >= 0.6 is 23.2 Å². The van der Waals surface area contributed by atoms with E-state index < -0.39 is 0 Å². The molecule has 1 aliphatic carbocycles. The number of pyridine rings is 2. The molecule has 0 atom stereocenters. The van der Waals surface area contributed by atoms with Crippen LogP contribution in [-0.4, -0.2) is 20.4 Å². The molecule has 0 aliphatic heterocycles. The van der Waals surface area contributed by atoms with Crippen molar-refractivity contribution in [3.63, 3.8) is 0 Å². The van der Waals surface area contributed by atoms with Crippen LogP contribution in [0.1, 0.15) is 18.9 Å². The van der Waals surface area contributed by atoms with Crippen molar-refractivity contribution in [3.05, 3.63) is 51.3 Å². The van der Waals surface area contributed by atoms with Crippen molar-refractivity contribution < 1.29 is 4.79 Å². The third kappa shape index (κ3) is 2.44. The zero-order valence-corrected chi connectivity index (χ0v) is 14.1. The lowest BCUT2D eigenvalue weighted by Gasteiger charge is -2.05. The molecule has 3 heterocycles. The summed E-state index contributed by atoms with van der Waals surface area (Å²) in [6.07, 6.45) is 8.15. The van der Waals surface area contributed by atoms with Crippen LogP contribution in [0.2, 0.25) is 10.2 Å². The summed E-state index contributed by atoms with van der Waals surface area (Å²) in [4.78, 5) is 27.7. The molecule has 0 saturated heterocycles. The van der Waals surface area contributed by atoms with Gasteiger partial charge in [-0.05, 0) is 25.0 Å². The first-order valence-electron chi connectivity index (χ1n) is 7.59. The van der Waals surface area contributed by atoms with Gasteiger partial charge in [-0.25, -0.2) is 4.98 Å². The largest absolute Gasteiger partial charge is 0.344 e. The van der Waals surface area contributed by atoms with Gasteiger partial charge < -0.3 is 13.9 Å². The Bertz CT molecular complexity index is 1020. The molecule has 0 amide bonds. The highest BCUT2D eigenvalue weighted by atomic mass is 35.5. The number of carbonyl (C=O) groups is 1. The highest BCUT2D eigenvalue weighted by Gasteiger charge is 2.27. The number of aromatic nitrogens is 3. The van der Waals surface area contributed by atoms with Gasteiger partial charge in [0.25, 0.3) is 5.56 Å². The molecular weight excluding hydrogens is 349 g/mol. The Balaban J connectivity index is 2.02. The highest BCUT2D eigenvalue weighted by Crippen LogP contribution is 2.40. The number of rotatable bonds is 4. The number of aldehydes is 1. The van der Waals surface area contributed by atoms with Crippen molar-refractivity contribution in [2.45, 2.75) is 25.4 Å². The van der Waals surface area contributed by atoms with Crippen LogP contribution in [0.3, 0.4) is 0 Å². The Morgan fingerprint density at radius 2 is 2.12 bits per heavy atom. The normalized spacial score (nSPS) is 14.2. The minimum atomic E-state index is -0.194. The molecule has 7 heteroatoms. The zero-order valence-electron chi connectivity index (χ0n) is 12.6. The number of hydrogen-bond acceptors (Lipinski definition) is 3. The first-order valence-corrected chi connectivity index (χ1v) is 8.35. The van der Waals surface area contributed by atoms with E-state index >= 15 is 0 Å². The van der Waals surface area contributed by atoms with Gasteiger partial charge in [-0.15, -0.1) is 0 Å². The van der Waals surface area contributed by atoms with E-state index in [2.05, 4.69) is 9.55 Å². The summed E-state index contributed by atoms with van der Waals surface area (Å²) in [7, 11) is 0. The predicted molar refractivity (Wildman–Crippen MR) is 93.8 cm³/mol. The maximum absolute atomic E-state index is 12.8. The van der Waals surface area contributed by atoms with Gasteiger partial charge in [-0.2, -0.15) is 0 Å². The van der Waals surface area contributed by atoms with E-state index in [1.54, 1.807) is 18.5 Å². The Morgan fingerprint density at radius 1 is 1.33 bits per heavy atom. The summed E-state index contributed by atoms with van der Waals surface area (Å²) >= 11 is 12.0. The van der Waals surface area contributed by atoms with Gasteiger partial charge in [0.05, 0.1) is 22.5 Å². The first-order chi connectivity index (χ1) is 11.6. The number of carbonyl (C=O) groups excluding carboxylic acids is 1. The van der Waals surface area contributed by atoms with Gasteiger partial charge in [-0.1, -0.05) is 23.2 Å². The van der Waals surface area contributed by atoms with Crippen LogP contribution < -0.4 is 5.56 Å². The molecule has 0 radical (unpaired) electrons. The quantitative estimate of drug-likeness (QED) is 0.525. The average Bonchev–Trinajstić information content (AvgIpc) is 3.33. The smallest absolute Gasteiger partial charge is 0.261 e. The molecule has 4 rings (SSSR count). The van der Waals surface area contributed by atoms with Gasteiger partial charge in [-0.3, -0.25) is 4.79 Å². The average molecular weight is 362 g/mol. The van der Waals surface area contributed by atoms with Crippen molar-refractivity contribution in [2.24, 2.45) is 0 Å². The number of fused-ring (bicyclic) bond motifs is 1. The van der Waals surface area contributed by atoms with Crippen LogP contribution in [0.15, 0.2) is 35.5 Å². The van der Waals surface area contributed by atoms with Gasteiger partial charge in [0.1, 0.15) is 11.4 Å². The third-order valence-electron chi connectivity index (χ3n) is 4.28. The molecule has 0 unspecified atom stereocenters. The highest BCUT2D eigenvalue weighted by molar-refractivity contribution is 6.41. The molecule has 122 valence electrons.